The van der Waals surface area contributed by atoms with Crippen LogP contribution in [0.1, 0.15) is 22.3 Å². The fourth-order valence-corrected chi connectivity index (χ4v) is 2.97. The molecule has 0 fully saturated rings. The smallest absolute Gasteiger partial charge is 0.0190 e. The summed E-state index contributed by atoms with van der Waals surface area (Å²) < 4.78 is 0. The minimum atomic E-state index is 0.623. The number of nitrogens with two attached hydrogens (primary N) is 1. The van der Waals surface area contributed by atoms with Gasteiger partial charge in [-0.05, 0) is 29.2 Å². The fraction of sp³-hybridized carbons (Fsp3) is 0.250. The first-order valence-electron chi connectivity index (χ1n) is 6.19. The van der Waals surface area contributed by atoms with Gasteiger partial charge in [0.05, 0.1) is 0 Å². The van der Waals surface area contributed by atoms with E-state index in [9.17, 15) is 0 Å². The highest BCUT2D eigenvalue weighted by molar-refractivity contribution is 7.97. The van der Waals surface area contributed by atoms with Crippen LogP contribution in [0.4, 0.5) is 0 Å². The molecule has 0 aliphatic carbocycles. The van der Waals surface area contributed by atoms with Crippen molar-refractivity contribution in [1.82, 2.24) is 0 Å². The molecule has 0 radical (unpaired) electrons. The van der Waals surface area contributed by atoms with E-state index in [1.807, 2.05) is 11.8 Å². The second kappa shape index (κ2) is 6.62. The van der Waals surface area contributed by atoms with Crippen LogP contribution >= 0.6 is 11.8 Å². The third-order valence-corrected chi connectivity index (χ3v) is 4.06. The molecule has 0 heterocycles. The molecule has 0 spiro atoms. The lowest BCUT2D eigenvalue weighted by atomic mass is 10.1. The van der Waals surface area contributed by atoms with Crippen LogP contribution in [0.3, 0.4) is 0 Å². The van der Waals surface area contributed by atoms with Crippen molar-refractivity contribution in [2.45, 2.75) is 25.0 Å². The second-order valence-corrected chi connectivity index (χ2v) is 5.43. The predicted molar refractivity (Wildman–Crippen MR) is 80.5 cm³/mol. The van der Waals surface area contributed by atoms with Gasteiger partial charge in [-0.25, -0.2) is 0 Å². The molecule has 2 rings (SSSR count). The number of hydrogen-bond acceptors (Lipinski definition) is 2. The Morgan fingerprint density at radius 2 is 1.72 bits per heavy atom. The van der Waals surface area contributed by atoms with Crippen molar-refractivity contribution in [3.63, 3.8) is 0 Å². The fourth-order valence-electron chi connectivity index (χ4n) is 1.90. The Morgan fingerprint density at radius 3 is 2.39 bits per heavy atom. The van der Waals surface area contributed by atoms with Crippen molar-refractivity contribution in [1.29, 1.82) is 0 Å². The van der Waals surface area contributed by atoms with Crippen molar-refractivity contribution in [3.8, 4) is 0 Å². The molecule has 0 aliphatic heterocycles. The van der Waals surface area contributed by atoms with Gasteiger partial charge in [-0.15, -0.1) is 0 Å². The largest absolute Gasteiger partial charge is 0.326 e. The summed E-state index contributed by atoms with van der Waals surface area (Å²) in [5.41, 5.74) is 11.0. The molecule has 2 N–H and O–H groups in total. The minimum absolute atomic E-state index is 0.623. The normalized spacial score (nSPS) is 10.6. The zero-order valence-electron chi connectivity index (χ0n) is 10.7. The highest BCUT2D eigenvalue weighted by Gasteiger charge is 2.00. The summed E-state index contributed by atoms with van der Waals surface area (Å²) >= 11 is 1.96. The first-order valence-corrected chi connectivity index (χ1v) is 7.35. The average Bonchev–Trinajstić information content (AvgIpc) is 2.42. The van der Waals surface area contributed by atoms with Crippen molar-refractivity contribution in [3.05, 3.63) is 70.8 Å². The molecular weight excluding hydrogens is 238 g/mol. The zero-order valence-corrected chi connectivity index (χ0v) is 11.5. The number of rotatable bonds is 5. The summed E-state index contributed by atoms with van der Waals surface area (Å²) in [7, 11) is 0. The first-order chi connectivity index (χ1) is 8.79. The van der Waals surface area contributed by atoms with Crippen LogP contribution in [0.5, 0.6) is 0 Å². The number of aryl methyl sites for hydroxylation is 1. The first kappa shape index (κ1) is 13.2. The molecule has 1 nitrogen and oxygen atoms in total. The molecule has 18 heavy (non-hydrogen) atoms. The zero-order chi connectivity index (χ0) is 12.8. The molecule has 0 saturated heterocycles. The Labute approximate surface area is 113 Å². The topological polar surface area (TPSA) is 26.0 Å². The van der Waals surface area contributed by atoms with Crippen LogP contribution in [-0.2, 0) is 18.1 Å². The Morgan fingerprint density at radius 1 is 0.944 bits per heavy atom. The average molecular weight is 257 g/mol. The van der Waals surface area contributed by atoms with Crippen LogP contribution < -0.4 is 5.73 Å². The van der Waals surface area contributed by atoms with E-state index >= 15 is 0 Å². The van der Waals surface area contributed by atoms with Crippen LogP contribution in [-0.4, -0.2) is 0 Å². The standard InChI is InChI=1S/C16H19NS/c1-13-9-15(10-17)7-8-16(13)12-18-11-14-5-3-2-4-6-14/h2-9H,10-12,17H2,1H3. The van der Waals surface area contributed by atoms with E-state index in [1.165, 1.54) is 22.3 Å². The second-order valence-electron chi connectivity index (χ2n) is 4.44. The monoisotopic (exact) mass is 257 g/mol. The van der Waals surface area contributed by atoms with Crippen LogP contribution in [0, 0.1) is 6.92 Å². The van der Waals surface area contributed by atoms with Crippen LogP contribution in [0.25, 0.3) is 0 Å². The molecule has 0 aromatic heterocycles. The summed E-state index contributed by atoms with van der Waals surface area (Å²) in [6.45, 7) is 2.79. The van der Waals surface area contributed by atoms with E-state index in [0.717, 1.165) is 11.5 Å². The third kappa shape index (κ3) is 3.62. The van der Waals surface area contributed by atoms with E-state index < -0.39 is 0 Å². The maximum atomic E-state index is 5.64. The number of thioether (sulfide) groups is 1. The van der Waals surface area contributed by atoms with Gasteiger partial charge in [0.25, 0.3) is 0 Å². The molecule has 2 aromatic rings. The van der Waals surface area contributed by atoms with Gasteiger partial charge in [-0.2, -0.15) is 11.8 Å². The van der Waals surface area contributed by atoms with Gasteiger partial charge in [0.15, 0.2) is 0 Å². The van der Waals surface area contributed by atoms with Gasteiger partial charge in [-0.3, -0.25) is 0 Å². The quantitative estimate of drug-likeness (QED) is 0.879. The molecule has 0 atom stereocenters. The van der Waals surface area contributed by atoms with E-state index in [4.69, 9.17) is 5.73 Å². The predicted octanol–water partition coefficient (Wildman–Crippen LogP) is 3.89. The lowest BCUT2D eigenvalue weighted by Gasteiger charge is -2.07. The highest BCUT2D eigenvalue weighted by Crippen LogP contribution is 2.20. The number of hydrogen-bond donors (Lipinski definition) is 1. The van der Waals surface area contributed by atoms with Gasteiger partial charge in [0.1, 0.15) is 0 Å². The molecule has 0 saturated carbocycles. The summed E-state index contributed by atoms with van der Waals surface area (Å²) in [5.74, 6) is 2.13. The van der Waals surface area contributed by atoms with Crippen molar-refractivity contribution >= 4 is 11.8 Å². The Balaban J connectivity index is 1.91. The van der Waals surface area contributed by atoms with Gasteiger partial charge in [0.2, 0.25) is 0 Å². The van der Waals surface area contributed by atoms with Crippen molar-refractivity contribution < 1.29 is 0 Å². The van der Waals surface area contributed by atoms with E-state index in [2.05, 4.69) is 55.5 Å². The molecule has 0 bridgehead atoms. The van der Waals surface area contributed by atoms with E-state index in [-0.39, 0.29) is 0 Å². The lowest BCUT2D eigenvalue weighted by Crippen LogP contribution is -1.97. The molecule has 0 amide bonds. The summed E-state index contributed by atoms with van der Waals surface area (Å²) in [4.78, 5) is 0. The van der Waals surface area contributed by atoms with Crippen molar-refractivity contribution in [2.75, 3.05) is 0 Å². The number of benzene rings is 2. The molecular formula is C16H19NS. The van der Waals surface area contributed by atoms with Gasteiger partial charge >= 0.3 is 0 Å². The molecule has 2 aromatic carbocycles. The molecule has 2 heteroatoms. The van der Waals surface area contributed by atoms with Gasteiger partial charge in [0, 0.05) is 18.1 Å². The van der Waals surface area contributed by atoms with Crippen LogP contribution in [0.15, 0.2) is 48.5 Å². The van der Waals surface area contributed by atoms with Crippen LogP contribution in [0.2, 0.25) is 0 Å². The maximum absolute atomic E-state index is 5.64. The molecule has 0 unspecified atom stereocenters. The lowest BCUT2D eigenvalue weighted by molar-refractivity contribution is 1.06. The maximum Gasteiger partial charge on any atom is 0.0190 e. The SMILES string of the molecule is Cc1cc(CN)ccc1CSCc1ccccc1. The summed E-state index contributed by atoms with van der Waals surface area (Å²) in [6.07, 6.45) is 0. The Bertz CT molecular complexity index is 494. The van der Waals surface area contributed by atoms with E-state index in [1.54, 1.807) is 0 Å². The minimum Gasteiger partial charge on any atom is -0.326 e. The van der Waals surface area contributed by atoms with Crippen molar-refractivity contribution in [2.24, 2.45) is 5.73 Å². The van der Waals surface area contributed by atoms with Gasteiger partial charge in [-0.1, -0.05) is 48.5 Å². The molecule has 0 aliphatic rings. The summed E-state index contributed by atoms with van der Waals surface area (Å²) in [6, 6.07) is 17.1. The summed E-state index contributed by atoms with van der Waals surface area (Å²) in [5, 5.41) is 0. The van der Waals surface area contributed by atoms with E-state index in [0.29, 0.717) is 6.54 Å². The Hall–Kier alpha value is -1.25. The molecule has 94 valence electrons. The highest BCUT2D eigenvalue weighted by atomic mass is 32.2. The van der Waals surface area contributed by atoms with Gasteiger partial charge < -0.3 is 5.73 Å². The Kier molecular flexibility index (Phi) is 4.85. The third-order valence-electron chi connectivity index (χ3n) is 3.01.